The first kappa shape index (κ1) is 16.1. The molecule has 0 saturated carbocycles. The van der Waals surface area contributed by atoms with Crippen LogP contribution in [-0.4, -0.2) is 72.4 Å². The summed E-state index contributed by atoms with van der Waals surface area (Å²) in [7, 11) is 1.79. The zero-order valence-corrected chi connectivity index (χ0v) is 13.1. The molecule has 6 heteroatoms. The minimum absolute atomic E-state index is 0.119. The number of rotatable bonds is 5. The molecular formula is C14H26N2O3S. The predicted molar refractivity (Wildman–Crippen MR) is 81.0 cm³/mol. The summed E-state index contributed by atoms with van der Waals surface area (Å²) < 4.78 is 5.26. The van der Waals surface area contributed by atoms with Gasteiger partial charge in [0.05, 0.1) is 11.4 Å². The average Bonchev–Trinajstić information content (AvgIpc) is 2.46. The lowest BCUT2D eigenvalue weighted by Gasteiger charge is -2.35. The third-order valence-electron chi connectivity index (χ3n) is 4.11. The standard InChI is InChI=1S/C14H26N2O3S/c1-16(11-14(18)4-8-19-9-5-14)13(17)10-20-12-2-6-15-7-3-12/h12,15,18H,2-11H2,1H3. The normalized spacial score (nSPS) is 23.5. The second-order valence-electron chi connectivity index (χ2n) is 5.85. The molecule has 2 aliphatic heterocycles. The summed E-state index contributed by atoms with van der Waals surface area (Å²) in [6.45, 7) is 3.70. The molecule has 2 rings (SSSR count). The fourth-order valence-corrected chi connectivity index (χ4v) is 3.87. The van der Waals surface area contributed by atoms with Gasteiger partial charge in [0, 0.05) is 44.9 Å². The van der Waals surface area contributed by atoms with E-state index in [-0.39, 0.29) is 5.91 Å². The van der Waals surface area contributed by atoms with E-state index in [2.05, 4.69) is 5.32 Å². The fourth-order valence-electron chi connectivity index (χ4n) is 2.70. The van der Waals surface area contributed by atoms with Gasteiger partial charge in [-0.2, -0.15) is 0 Å². The highest BCUT2D eigenvalue weighted by atomic mass is 32.2. The van der Waals surface area contributed by atoms with Crippen LogP contribution in [0, 0.1) is 0 Å². The molecular weight excluding hydrogens is 276 g/mol. The molecule has 0 aromatic rings. The molecule has 2 saturated heterocycles. The zero-order valence-electron chi connectivity index (χ0n) is 12.3. The third-order valence-corrected chi connectivity index (χ3v) is 5.47. The van der Waals surface area contributed by atoms with Crippen molar-refractivity contribution in [2.75, 3.05) is 45.6 Å². The van der Waals surface area contributed by atoms with Gasteiger partial charge in [0.2, 0.25) is 5.91 Å². The van der Waals surface area contributed by atoms with Crippen LogP contribution >= 0.6 is 11.8 Å². The molecule has 2 N–H and O–H groups in total. The van der Waals surface area contributed by atoms with E-state index in [0.29, 0.717) is 43.6 Å². The van der Waals surface area contributed by atoms with Crippen LogP contribution in [0.2, 0.25) is 0 Å². The molecule has 1 amide bonds. The molecule has 0 radical (unpaired) electrons. The highest BCUT2D eigenvalue weighted by Crippen LogP contribution is 2.23. The summed E-state index contributed by atoms with van der Waals surface area (Å²) in [6, 6.07) is 0. The van der Waals surface area contributed by atoms with Crippen molar-refractivity contribution in [3.63, 3.8) is 0 Å². The molecule has 0 unspecified atom stereocenters. The van der Waals surface area contributed by atoms with Gasteiger partial charge in [-0.15, -0.1) is 11.8 Å². The average molecular weight is 302 g/mol. The number of thioether (sulfide) groups is 1. The largest absolute Gasteiger partial charge is 0.388 e. The van der Waals surface area contributed by atoms with Crippen molar-refractivity contribution in [1.29, 1.82) is 0 Å². The molecule has 0 spiro atoms. The summed E-state index contributed by atoms with van der Waals surface area (Å²) in [5.74, 6) is 0.641. The number of amides is 1. The molecule has 20 heavy (non-hydrogen) atoms. The Kier molecular flexibility index (Phi) is 6.14. The lowest BCUT2D eigenvalue weighted by Crippen LogP contribution is -2.47. The highest BCUT2D eigenvalue weighted by Gasteiger charge is 2.32. The van der Waals surface area contributed by atoms with Gasteiger partial charge in [-0.3, -0.25) is 4.79 Å². The van der Waals surface area contributed by atoms with Crippen LogP contribution in [0.1, 0.15) is 25.7 Å². The summed E-state index contributed by atoms with van der Waals surface area (Å²) in [5, 5.41) is 14.3. The SMILES string of the molecule is CN(CC1(O)CCOCC1)C(=O)CSC1CCNCC1. The second-order valence-corrected chi connectivity index (χ2v) is 7.14. The lowest BCUT2D eigenvalue weighted by molar-refractivity contribution is -0.134. The zero-order chi connectivity index (χ0) is 14.4. The first-order valence-corrected chi connectivity index (χ1v) is 8.50. The molecule has 0 atom stereocenters. The Morgan fingerprint density at radius 2 is 2.05 bits per heavy atom. The molecule has 2 aliphatic rings. The summed E-state index contributed by atoms with van der Waals surface area (Å²) >= 11 is 1.76. The summed E-state index contributed by atoms with van der Waals surface area (Å²) in [4.78, 5) is 13.8. The van der Waals surface area contributed by atoms with E-state index < -0.39 is 5.60 Å². The van der Waals surface area contributed by atoms with Crippen molar-refractivity contribution in [3.05, 3.63) is 0 Å². The Balaban J connectivity index is 1.70. The Morgan fingerprint density at radius 1 is 1.40 bits per heavy atom. The molecule has 0 aliphatic carbocycles. The minimum Gasteiger partial charge on any atom is -0.388 e. The maximum absolute atomic E-state index is 12.1. The molecule has 5 nitrogen and oxygen atoms in total. The smallest absolute Gasteiger partial charge is 0.232 e. The number of likely N-dealkylation sites (N-methyl/N-ethyl adjacent to an activating group) is 1. The van der Waals surface area contributed by atoms with Gasteiger partial charge >= 0.3 is 0 Å². The van der Waals surface area contributed by atoms with Gasteiger partial charge in [0.15, 0.2) is 0 Å². The number of piperidine rings is 1. The van der Waals surface area contributed by atoms with Gasteiger partial charge in [-0.25, -0.2) is 0 Å². The van der Waals surface area contributed by atoms with Gasteiger partial charge in [-0.1, -0.05) is 0 Å². The Labute approximate surface area is 125 Å². The van der Waals surface area contributed by atoms with Crippen LogP contribution in [0.25, 0.3) is 0 Å². The maximum Gasteiger partial charge on any atom is 0.232 e. The Bertz CT molecular complexity index is 316. The van der Waals surface area contributed by atoms with E-state index in [1.54, 1.807) is 23.7 Å². The van der Waals surface area contributed by atoms with E-state index in [4.69, 9.17) is 4.74 Å². The van der Waals surface area contributed by atoms with Gasteiger partial charge in [0.25, 0.3) is 0 Å². The fraction of sp³-hybridized carbons (Fsp3) is 0.929. The first-order chi connectivity index (χ1) is 9.59. The number of ether oxygens (including phenoxy) is 1. The van der Waals surface area contributed by atoms with Crippen LogP contribution in [0.4, 0.5) is 0 Å². The van der Waals surface area contributed by atoms with Gasteiger partial charge in [-0.05, 0) is 25.9 Å². The van der Waals surface area contributed by atoms with Crippen molar-refractivity contribution < 1.29 is 14.6 Å². The van der Waals surface area contributed by atoms with Crippen LogP contribution in [0.3, 0.4) is 0 Å². The lowest BCUT2D eigenvalue weighted by atomic mass is 9.94. The number of aliphatic hydroxyl groups is 1. The number of hydrogen-bond donors (Lipinski definition) is 2. The first-order valence-electron chi connectivity index (χ1n) is 7.45. The van der Waals surface area contributed by atoms with Crippen LogP contribution in [-0.2, 0) is 9.53 Å². The monoisotopic (exact) mass is 302 g/mol. The van der Waals surface area contributed by atoms with Crippen molar-refractivity contribution in [3.8, 4) is 0 Å². The number of carbonyl (C=O) groups is 1. The van der Waals surface area contributed by atoms with Crippen molar-refractivity contribution >= 4 is 17.7 Å². The quantitative estimate of drug-likeness (QED) is 0.773. The number of carbonyl (C=O) groups excluding carboxylic acids is 1. The Hall–Kier alpha value is -0.300. The highest BCUT2D eigenvalue weighted by molar-refractivity contribution is 8.00. The maximum atomic E-state index is 12.1. The van der Waals surface area contributed by atoms with Crippen molar-refractivity contribution in [1.82, 2.24) is 10.2 Å². The molecule has 0 aromatic carbocycles. The van der Waals surface area contributed by atoms with Crippen molar-refractivity contribution in [2.45, 2.75) is 36.5 Å². The van der Waals surface area contributed by atoms with E-state index >= 15 is 0 Å². The van der Waals surface area contributed by atoms with Gasteiger partial charge in [0.1, 0.15) is 0 Å². The third kappa shape index (κ3) is 4.91. The van der Waals surface area contributed by atoms with E-state index in [1.807, 2.05) is 0 Å². The summed E-state index contributed by atoms with van der Waals surface area (Å²) in [5.41, 5.74) is -0.762. The predicted octanol–water partition coefficient (Wildman–Crippen LogP) is 0.472. The molecule has 2 heterocycles. The molecule has 2 fully saturated rings. The van der Waals surface area contributed by atoms with Crippen molar-refractivity contribution in [2.24, 2.45) is 0 Å². The topological polar surface area (TPSA) is 61.8 Å². The second kappa shape index (κ2) is 7.64. The van der Waals surface area contributed by atoms with Gasteiger partial charge < -0.3 is 20.1 Å². The van der Waals surface area contributed by atoms with E-state index in [0.717, 1.165) is 25.9 Å². The molecule has 0 aromatic heterocycles. The molecule has 0 bridgehead atoms. The Morgan fingerprint density at radius 3 is 2.70 bits per heavy atom. The van der Waals surface area contributed by atoms with Crippen LogP contribution < -0.4 is 5.32 Å². The number of nitrogens with zero attached hydrogens (tertiary/aromatic N) is 1. The minimum atomic E-state index is -0.762. The summed E-state index contributed by atoms with van der Waals surface area (Å²) in [6.07, 6.45) is 3.52. The van der Waals surface area contributed by atoms with Crippen LogP contribution in [0.5, 0.6) is 0 Å². The van der Waals surface area contributed by atoms with E-state index in [9.17, 15) is 9.90 Å². The number of nitrogens with one attached hydrogen (secondary N) is 1. The van der Waals surface area contributed by atoms with E-state index in [1.165, 1.54) is 0 Å². The molecule has 116 valence electrons. The van der Waals surface area contributed by atoms with Crippen LogP contribution in [0.15, 0.2) is 0 Å². The number of hydrogen-bond acceptors (Lipinski definition) is 5.